The van der Waals surface area contributed by atoms with Gasteiger partial charge in [0.1, 0.15) is 11.5 Å². The van der Waals surface area contributed by atoms with Gasteiger partial charge in [-0.05, 0) is 37.1 Å². The Morgan fingerprint density at radius 3 is 1.71 bits per heavy atom. The minimum Gasteiger partial charge on any atom is -0.508 e. The summed E-state index contributed by atoms with van der Waals surface area (Å²) in [4.78, 5) is 11.9. The summed E-state index contributed by atoms with van der Waals surface area (Å²) in [7, 11) is 0. The Bertz CT molecular complexity index is 525. The molecule has 0 fully saturated rings. The molecule has 0 amide bonds. The quantitative estimate of drug-likeness (QED) is 0.167. The molecule has 160 valence electrons. The molecule has 3 nitrogen and oxygen atoms in total. The number of rotatable bonds is 17. The summed E-state index contributed by atoms with van der Waals surface area (Å²) >= 11 is 0. The van der Waals surface area contributed by atoms with E-state index in [-0.39, 0.29) is 11.7 Å². The van der Waals surface area contributed by atoms with E-state index in [0.29, 0.717) is 12.2 Å². The van der Waals surface area contributed by atoms with E-state index in [2.05, 4.69) is 6.92 Å². The number of esters is 1. The number of ether oxygens (including phenoxy) is 1. The molecular weight excluding hydrogens is 348 g/mol. The van der Waals surface area contributed by atoms with E-state index < -0.39 is 0 Å². The smallest absolute Gasteiger partial charge is 0.311 e. The number of carbonyl (C=O) groups excluding carboxylic acids is 1. The molecule has 0 aliphatic carbocycles. The summed E-state index contributed by atoms with van der Waals surface area (Å²) in [5.41, 5.74) is 0.720. The molecule has 0 radical (unpaired) electrons. The van der Waals surface area contributed by atoms with E-state index in [4.69, 9.17) is 4.74 Å². The molecule has 1 N–H and O–H groups in total. The van der Waals surface area contributed by atoms with E-state index in [1.807, 2.05) is 0 Å². The zero-order valence-corrected chi connectivity index (χ0v) is 18.3. The van der Waals surface area contributed by atoms with E-state index in [1.54, 1.807) is 25.1 Å². The monoisotopic (exact) mass is 390 g/mol. The predicted octanol–water partition coefficient (Wildman–Crippen LogP) is 7.87. The lowest BCUT2D eigenvalue weighted by molar-refractivity contribution is -0.134. The van der Waals surface area contributed by atoms with Gasteiger partial charge in [0.25, 0.3) is 0 Å². The maximum absolute atomic E-state index is 11.9. The molecule has 0 aliphatic rings. The zero-order valence-electron chi connectivity index (χ0n) is 18.3. The third kappa shape index (κ3) is 12.8. The molecule has 1 aromatic rings. The van der Waals surface area contributed by atoms with E-state index in [9.17, 15) is 9.90 Å². The van der Waals surface area contributed by atoms with Crippen molar-refractivity contribution in [3.63, 3.8) is 0 Å². The van der Waals surface area contributed by atoms with Gasteiger partial charge in [0.15, 0.2) is 0 Å². The van der Waals surface area contributed by atoms with Crippen LogP contribution < -0.4 is 4.74 Å². The number of aryl methyl sites for hydroxylation is 1. The Morgan fingerprint density at radius 1 is 0.786 bits per heavy atom. The molecule has 0 saturated carbocycles. The third-order valence-corrected chi connectivity index (χ3v) is 5.38. The van der Waals surface area contributed by atoms with Crippen LogP contribution in [0.2, 0.25) is 0 Å². The number of aromatic hydroxyl groups is 1. The number of phenolic OH excluding ortho intramolecular Hbond substituents is 1. The highest BCUT2D eigenvalue weighted by Crippen LogP contribution is 2.22. The van der Waals surface area contributed by atoms with Crippen molar-refractivity contribution in [2.45, 2.75) is 117 Å². The lowest BCUT2D eigenvalue weighted by Crippen LogP contribution is -2.07. The molecule has 0 spiro atoms. The fraction of sp³-hybridized carbons (Fsp3) is 0.720. The van der Waals surface area contributed by atoms with Gasteiger partial charge in [-0.15, -0.1) is 0 Å². The van der Waals surface area contributed by atoms with Crippen LogP contribution in [0.25, 0.3) is 0 Å². The summed E-state index contributed by atoms with van der Waals surface area (Å²) in [6, 6.07) is 4.89. The summed E-state index contributed by atoms with van der Waals surface area (Å²) in [6.45, 7) is 4.07. The SMILES string of the molecule is CCCCCCCCCCCCCCCCCC(=O)Oc1ccc(O)c(C)c1. The average molecular weight is 391 g/mol. The molecule has 0 saturated heterocycles. The van der Waals surface area contributed by atoms with Crippen molar-refractivity contribution in [3.05, 3.63) is 23.8 Å². The van der Waals surface area contributed by atoms with Crippen molar-refractivity contribution >= 4 is 5.97 Å². The van der Waals surface area contributed by atoms with Gasteiger partial charge in [-0.3, -0.25) is 4.79 Å². The van der Waals surface area contributed by atoms with Crippen molar-refractivity contribution in [2.24, 2.45) is 0 Å². The van der Waals surface area contributed by atoms with Crippen LogP contribution in [0.3, 0.4) is 0 Å². The zero-order chi connectivity index (χ0) is 20.5. The topological polar surface area (TPSA) is 46.5 Å². The Kier molecular flexibility index (Phi) is 14.4. The first-order valence-electron chi connectivity index (χ1n) is 11.6. The van der Waals surface area contributed by atoms with Gasteiger partial charge in [0, 0.05) is 6.42 Å². The number of unbranched alkanes of at least 4 members (excludes halogenated alkanes) is 14. The van der Waals surface area contributed by atoms with Gasteiger partial charge in [0.2, 0.25) is 0 Å². The average Bonchev–Trinajstić information content (AvgIpc) is 2.68. The number of carbonyl (C=O) groups is 1. The first kappa shape index (κ1) is 24.5. The Balaban J connectivity index is 1.86. The van der Waals surface area contributed by atoms with Crippen molar-refractivity contribution in [2.75, 3.05) is 0 Å². The van der Waals surface area contributed by atoms with Crippen LogP contribution in [0.4, 0.5) is 0 Å². The predicted molar refractivity (Wildman–Crippen MR) is 118 cm³/mol. The highest BCUT2D eigenvalue weighted by Gasteiger charge is 2.06. The molecule has 0 unspecified atom stereocenters. The normalized spacial score (nSPS) is 10.9. The van der Waals surface area contributed by atoms with Crippen molar-refractivity contribution < 1.29 is 14.6 Å². The minimum atomic E-state index is -0.181. The number of hydrogen-bond acceptors (Lipinski definition) is 3. The summed E-state index contributed by atoms with van der Waals surface area (Å²) < 4.78 is 5.32. The summed E-state index contributed by atoms with van der Waals surface area (Å²) in [5, 5.41) is 9.49. The summed E-state index contributed by atoms with van der Waals surface area (Å²) in [5.74, 6) is 0.559. The Hall–Kier alpha value is -1.51. The summed E-state index contributed by atoms with van der Waals surface area (Å²) in [6.07, 6.45) is 20.3. The highest BCUT2D eigenvalue weighted by molar-refractivity contribution is 5.72. The fourth-order valence-corrected chi connectivity index (χ4v) is 3.51. The van der Waals surface area contributed by atoms with Gasteiger partial charge in [-0.2, -0.15) is 0 Å². The van der Waals surface area contributed by atoms with Gasteiger partial charge >= 0.3 is 5.97 Å². The molecule has 0 bridgehead atoms. The lowest BCUT2D eigenvalue weighted by Gasteiger charge is -2.06. The maximum atomic E-state index is 11.9. The van der Waals surface area contributed by atoms with Crippen LogP contribution in [0.15, 0.2) is 18.2 Å². The van der Waals surface area contributed by atoms with Gasteiger partial charge < -0.3 is 9.84 Å². The largest absolute Gasteiger partial charge is 0.508 e. The molecule has 0 aliphatic heterocycles. The Labute approximate surface area is 172 Å². The number of benzene rings is 1. The highest BCUT2D eigenvalue weighted by atomic mass is 16.5. The maximum Gasteiger partial charge on any atom is 0.311 e. The van der Waals surface area contributed by atoms with E-state index >= 15 is 0 Å². The molecule has 3 heteroatoms. The lowest BCUT2D eigenvalue weighted by atomic mass is 10.0. The Morgan fingerprint density at radius 2 is 1.25 bits per heavy atom. The van der Waals surface area contributed by atoms with Gasteiger partial charge in [-0.25, -0.2) is 0 Å². The standard InChI is InChI=1S/C25H42O3/c1-3-4-5-6-7-8-9-10-11-12-13-14-15-16-17-18-25(27)28-23-19-20-24(26)22(2)21-23/h19-21,26H,3-18H2,1-2H3. The molecule has 28 heavy (non-hydrogen) atoms. The molecule has 0 atom stereocenters. The molecule has 1 rings (SSSR count). The second-order valence-electron chi connectivity index (χ2n) is 8.12. The van der Waals surface area contributed by atoms with Gasteiger partial charge in [0.05, 0.1) is 0 Å². The molecule has 1 aromatic carbocycles. The minimum absolute atomic E-state index is 0.181. The van der Waals surface area contributed by atoms with Crippen molar-refractivity contribution in [3.8, 4) is 11.5 Å². The van der Waals surface area contributed by atoms with Crippen LogP contribution in [0.5, 0.6) is 11.5 Å². The van der Waals surface area contributed by atoms with E-state index in [1.165, 1.54) is 83.5 Å². The second-order valence-corrected chi connectivity index (χ2v) is 8.12. The van der Waals surface area contributed by atoms with Gasteiger partial charge in [-0.1, -0.05) is 96.8 Å². The molecular formula is C25H42O3. The fourth-order valence-electron chi connectivity index (χ4n) is 3.51. The van der Waals surface area contributed by atoms with Crippen LogP contribution in [0.1, 0.15) is 115 Å². The van der Waals surface area contributed by atoms with Crippen molar-refractivity contribution in [1.29, 1.82) is 0 Å². The first-order valence-corrected chi connectivity index (χ1v) is 11.6. The second kappa shape index (κ2) is 16.4. The van der Waals surface area contributed by atoms with Crippen LogP contribution in [0, 0.1) is 6.92 Å². The van der Waals surface area contributed by atoms with Crippen LogP contribution in [-0.4, -0.2) is 11.1 Å². The molecule has 0 heterocycles. The van der Waals surface area contributed by atoms with Crippen molar-refractivity contribution in [1.82, 2.24) is 0 Å². The van der Waals surface area contributed by atoms with Crippen LogP contribution >= 0.6 is 0 Å². The first-order chi connectivity index (χ1) is 13.6. The number of hydrogen-bond donors (Lipinski definition) is 1. The number of phenols is 1. The van der Waals surface area contributed by atoms with Crippen LogP contribution in [-0.2, 0) is 4.79 Å². The van der Waals surface area contributed by atoms with E-state index in [0.717, 1.165) is 18.4 Å². The molecule has 0 aromatic heterocycles. The third-order valence-electron chi connectivity index (χ3n) is 5.38.